The molecule has 3 nitrogen and oxygen atoms in total. The Balaban J connectivity index is 2.22. The highest BCUT2D eigenvalue weighted by atomic mass is 19.1. The molecule has 5 heteroatoms. The molecule has 0 aliphatic carbocycles. The van der Waals surface area contributed by atoms with Crippen molar-refractivity contribution in [2.75, 3.05) is 10.6 Å². The summed E-state index contributed by atoms with van der Waals surface area (Å²) in [5.74, 6) is -1.06. The van der Waals surface area contributed by atoms with Crippen molar-refractivity contribution in [3.05, 3.63) is 59.7 Å². The van der Waals surface area contributed by atoms with Gasteiger partial charge in [-0.15, -0.1) is 0 Å². The minimum atomic E-state index is -0.465. The van der Waals surface area contributed by atoms with Gasteiger partial charge in [-0.2, -0.15) is 0 Å². The van der Waals surface area contributed by atoms with E-state index >= 15 is 0 Å². The van der Waals surface area contributed by atoms with E-state index in [4.69, 9.17) is 0 Å². The maximum absolute atomic E-state index is 13.8. The van der Waals surface area contributed by atoms with Gasteiger partial charge in [0.1, 0.15) is 11.6 Å². The third-order valence-electron chi connectivity index (χ3n) is 3.03. The Morgan fingerprint density at radius 1 is 1.10 bits per heavy atom. The topological polar surface area (TPSA) is 41.1 Å². The number of nitrogens with one attached hydrogen (secondary N) is 2. The van der Waals surface area contributed by atoms with Gasteiger partial charge in [0, 0.05) is 18.2 Å². The first kappa shape index (κ1) is 15.0. The van der Waals surface area contributed by atoms with Crippen LogP contribution in [0.15, 0.2) is 42.5 Å². The van der Waals surface area contributed by atoms with E-state index < -0.39 is 11.9 Å². The molecule has 0 aromatic heterocycles. The molecule has 0 bridgehead atoms. The third kappa shape index (κ3) is 3.78. The summed E-state index contributed by atoms with van der Waals surface area (Å²) in [6.07, 6.45) is 0. The second-order valence-electron chi connectivity index (χ2n) is 4.76. The van der Waals surface area contributed by atoms with Crippen molar-refractivity contribution in [3.63, 3.8) is 0 Å². The van der Waals surface area contributed by atoms with E-state index in [1.165, 1.54) is 31.2 Å². The lowest BCUT2D eigenvalue weighted by atomic mass is 10.1. The lowest BCUT2D eigenvalue weighted by Crippen LogP contribution is -2.11. The zero-order chi connectivity index (χ0) is 15.4. The fourth-order valence-electron chi connectivity index (χ4n) is 2.05. The molecule has 0 spiro atoms. The molecule has 0 saturated carbocycles. The van der Waals surface area contributed by atoms with Gasteiger partial charge in [0.25, 0.3) is 0 Å². The zero-order valence-corrected chi connectivity index (χ0v) is 11.8. The van der Waals surface area contributed by atoms with E-state index in [1.54, 1.807) is 25.1 Å². The number of rotatable bonds is 4. The van der Waals surface area contributed by atoms with Gasteiger partial charge in [0.2, 0.25) is 5.91 Å². The lowest BCUT2D eigenvalue weighted by Gasteiger charge is -2.17. The average Bonchev–Trinajstić information content (AvgIpc) is 2.42. The van der Waals surface area contributed by atoms with Crippen LogP contribution in [0, 0.1) is 11.6 Å². The van der Waals surface area contributed by atoms with Gasteiger partial charge >= 0.3 is 0 Å². The van der Waals surface area contributed by atoms with Crippen molar-refractivity contribution in [1.29, 1.82) is 0 Å². The number of halogens is 2. The fraction of sp³-hybridized carbons (Fsp3) is 0.188. The molecule has 0 saturated heterocycles. The number of anilines is 2. The highest BCUT2D eigenvalue weighted by Gasteiger charge is 2.12. The molecular weight excluding hydrogens is 274 g/mol. The molecule has 1 amide bonds. The molecule has 2 aromatic carbocycles. The van der Waals surface area contributed by atoms with Crippen molar-refractivity contribution < 1.29 is 13.6 Å². The Bertz CT molecular complexity index is 658. The zero-order valence-electron chi connectivity index (χ0n) is 11.8. The number of benzene rings is 2. The Labute approximate surface area is 122 Å². The first-order valence-corrected chi connectivity index (χ1v) is 6.55. The number of carbonyl (C=O) groups is 1. The van der Waals surface area contributed by atoms with Crippen molar-refractivity contribution in [2.24, 2.45) is 0 Å². The summed E-state index contributed by atoms with van der Waals surface area (Å²) in [5.41, 5.74) is 1.13. The number of carbonyl (C=O) groups excluding carboxylic acids is 1. The maximum Gasteiger partial charge on any atom is 0.221 e. The molecule has 0 heterocycles. The average molecular weight is 290 g/mol. The van der Waals surface area contributed by atoms with E-state index in [9.17, 15) is 13.6 Å². The van der Waals surface area contributed by atoms with Crippen LogP contribution in [-0.2, 0) is 4.79 Å². The number of amides is 1. The van der Waals surface area contributed by atoms with E-state index in [-0.39, 0.29) is 17.4 Å². The van der Waals surface area contributed by atoms with Crippen LogP contribution >= 0.6 is 0 Å². The van der Waals surface area contributed by atoms with Gasteiger partial charge in [-0.05, 0) is 31.2 Å². The highest BCUT2D eigenvalue weighted by molar-refractivity contribution is 5.89. The Kier molecular flexibility index (Phi) is 4.52. The minimum Gasteiger partial charge on any atom is -0.376 e. The Morgan fingerprint density at radius 2 is 1.81 bits per heavy atom. The summed E-state index contributed by atoms with van der Waals surface area (Å²) in [5, 5.41) is 5.49. The lowest BCUT2D eigenvalue weighted by molar-refractivity contribution is -0.114. The van der Waals surface area contributed by atoms with Crippen LogP contribution < -0.4 is 10.6 Å². The molecule has 1 unspecified atom stereocenters. The largest absolute Gasteiger partial charge is 0.376 e. The van der Waals surface area contributed by atoms with Gasteiger partial charge < -0.3 is 10.6 Å². The van der Waals surface area contributed by atoms with Gasteiger partial charge in [0.05, 0.1) is 11.7 Å². The first-order chi connectivity index (χ1) is 9.97. The van der Waals surface area contributed by atoms with Crippen LogP contribution in [0.3, 0.4) is 0 Å². The standard InChI is InChI=1S/C16H16F2N2O/c1-10(13-5-3-4-6-14(13)17)19-16-9-12(20-11(2)21)7-8-15(16)18/h3-10,19H,1-2H3,(H,20,21). The second-order valence-corrected chi connectivity index (χ2v) is 4.76. The summed E-state index contributed by atoms with van der Waals surface area (Å²) in [6, 6.07) is 10.1. The number of hydrogen-bond acceptors (Lipinski definition) is 2. The molecule has 2 rings (SSSR count). The monoisotopic (exact) mass is 290 g/mol. The summed E-state index contributed by atoms with van der Waals surface area (Å²) < 4.78 is 27.5. The van der Waals surface area contributed by atoms with E-state index in [2.05, 4.69) is 10.6 Å². The fourth-order valence-corrected chi connectivity index (χ4v) is 2.05. The first-order valence-electron chi connectivity index (χ1n) is 6.55. The molecule has 2 N–H and O–H groups in total. The molecule has 21 heavy (non-hydrogen) atoms. The Morgan fingerprint density at radius 3 is 2.48 bits per heavy atom. The molecule has 0 aliphatic rings. The maximum atomic E-state index is 13.8. The number of hydrogen-bond donors (Lipinski definition) is 2. The van der Waals surface area contributed by atoms with Gasteiger partial charge in [-0.1, -0.05) is 18.2 Å². The van der Waals surface area contributed by atoms with Crippen LogP contribution in [0.4, 0.5) is 20.2 Å². The van der Waals surface area contributed by atoms with E-state index in [0.29, 0.717) is 11.3 Å². The second kappa shape index (κ2) is 6.35. The Hall–Kier alpha value is -2.43. The SMILES string of the molecule is CC(=O)Nc1ccc(F)c(NC(C)c2ccccc2F)c1. The predicted octanol–water partition coefficient (Wildman–Crippen LogP) is 4.10. The summed E-state index contributed by atoms with van der Waals surface area (Å²) in [7, 11) is 0. The smallest absolute Gasteiger partial charge is 0.221 e. The van der Waals surface area contributed by atoms with Gasteiger partial charge in [-0.25, -0.2) is 8.78 Å². The molecular formula is C16H16F2N2O. The van der Waals surface area contributed by atoms with Crippen molar-refractivity contribution in [3.8, 4) is 0 Å². The van der Waals surface area contributed by atoms with Crippen LogP contribution in [0.1, 0.15) is 25.5 Å². The van der Waals surface area contributed by atoms with Crippen molar-refractivity contribution >= 4 is 17.3 Å². The minimum absolute atomic E-state index is 0.206. The molecule has 0 aliphatic heterocycles. The molecule has 110 valence electrons. The predicted molar refractivity (Wildman–Crippen MR) is 79.1 cm³/mol. The quantitative estimate of drug-likeness (QED) is 0.890. The van der Waals surface area contributed by atoms with Crippen molar-refractivity contribution in [1.82, 2.24) is 0 Å². The molecule has 0 radical (unpaired) electrons. The molecule has 1 atom stereocenters. The van der Waals surface area contributed by atoms with Crippen LogP contribution in [0.2, 0.25) is 0 Å². The highest BCUT2D eigenvalue weighted by Crippen LogP contribution is 2.25. The molecule has 0 fully saturated rings. The van der Waals surface area contributed by atoms with Crippen LogP contribution in [0.25, 0.3) is 0 Å². The molecule has 2 aromatic rings. The van der Waals surface area contributed by atoms with Gasteiger partial charge in [0.15, 0.2) is 0 Å². The normalized spacial score (nSPS) is 11.8. The summed E-state index contributed by atoms with van der Waals surface area (Å²) in [4.78, 5) is 11.0. The van der Waals surface area contributed by atoms with Crippen LogP contribution in [0.5, 0.6) is 0 Å². The van der Waals surface area contributed by atoms with E-state index in [1.807, 2.05) is 0 Å². The summed E-state index contributed by atoms with van der Waals surface area (Å²) >= 11 is 0. The van der Waals surface area contributed by atoms with E-state index in [0.717, 1.165) is 0 Å². The third-order valence-corrected chi connectivity index (χ3v) is 3.03. The summed E-state index contributed by atoms with van der Waals surface area (Å²) in [6.45, 7) is 3.11. The van der Waals surface area contributed by atoms with Crippen LogP contribution in [-0.4, -0.2) is 5.91 Å². The van der Waals surface area contributed by atoms with Gasteiger partial charge in [-0.3, -0.25) is 4.79 Å². The van der Waals surface area contributed by atoms with Crippen molar-refractivity contribution in [2.45, 2.75) is 19.9 Å².